The molecule has 0 fully saturated rings. The minimum Gasteiger partial charge on any atom is -0.478 e. The molecule has 4 N–H and O–H groups in total. The predicted molar refractivity (Wildman–Crippen MR) is 76.5 cm³/mol. The van der Waals surface area contributed by atoms with Gasteiger partial charge in [-0.2, -0.15) is 5.26 Å². The highest BCUT2D eigenvalue weighted by atomic mass is 16.4. The van der Waals surface area contributed by atoms with Crippen molar-refractivity contribution >= 4 is 34.6 Å². The summed E-state index contributed by atoms with van der Waals surface area (Å²) in [5.74, 6) is -7.38. The van der Waals surface area contributed by atoms with E-state index in [2.05, 4.69) is 0 Å². The Bertz CT molecular complexity index is 983. The van der Waals surface area contributed by atoms with Crippen molar-refractivity contribution in [1.29, 1.82) is 5.26 Å². The average Bonchev–Trinajstić information content (AvgIpc) is 2.50. The summed E-state index contributed by atoms with van der Waals surface area (Å²) in [4.78, 5) is 46.0. The molecule has 0 aliphatic rings. The second kappa shape index (κ2) is 5.69. The summed E-state index contributed by atoms with van der Waals surface area (Å²) in [6, 6.07) is 5.18. The SMILES string of the molecule is N#Cc1cccc2c(C(=O)O)c(C(=O)O)c(C(=O)O)c(C(=O)O)c12. The minimum absolute atomic E-state index is 0.285. The molecule has 0 amide bonds. The first kappa shape index (κ1) is 16.4. The maximum absolute atomic E-state index is 11.6. The molecule has 0 unspecified atom stereocenters. The molecular formula is C15H7NO8. The molecule has 2 aromatic carbocycles. The van der Waals surface area contributed by atoms with Gasteiger partial charge >= 0.3 is 23.9 Å². The van der Waals surface area contributed by atoms with Crippen LogP contribution in [0, 0.1) is 11.3 Å². The number of hydrogen-bond donors (Lipinski definition) is 4. The van der Waals surface area contributed by atoms with Crippen molar-refractivity contribution in [3.05, 3.63) is 46.0 Å². The van der Waals surface area contributed by atoms with Crippen LogP contribution in [0.1, 0.15) is 47.0 Å². The maximum Gasteiger partial charge on any atom is 0.337 e. The fourth-order valence-electron chi connectivity index (χ4n) is 2.50. The number of fused-ring (bicyclic) bond motifs is 1. The number of nitrogens with zero attached hydrogens (tertiary/aromatic N) is 1. The summed E-state index contributed by atoms with van der Waals surface area (Å²) in [5.41, 5.74) is -4.47. The van der Waals surface area contributed by atoms with Gasteiger partial charge in [-0.3, -0.25) is 0 Å². The molecule has 9 nitrogen and oxygen atoms in total. The Hall–Kier alpha value is -3.93. The highest BCUT2D eigenvalue weighted by Crippen LogP contribution is 2.33. The first-order chi connectivity index (χ1) is 11.2. The van der Waals surface area contributed by atoms with Gasteiger partial charge in [-0.05, 0) is 11.5 Å². The molecule has 120 valence electrons. The van der Waals surface area contributed by atoms with Crippen molar-refractivity contribution in [1.82, 2.24) is 0 Å². The Morgan fingerprint density at radius 1 is 0.750 bits per heavy atom. The molecule has 0 bridgehead atoms. The molecule has 0 saturated heterocycles. The second-order valence-corrected chi connectivity index (χ2v) is 4.56. The Morgan fingerprint density at radius 3 is 1.62 bits per heavy atom. The molecule has 0 radical (unpaired) electrons. The summed E-state index contributed by atoms with van der Waals surface area (Å²) in [6.07, 6.45) is 0. The van der Waals surface area contributed by atoms with E-state index < -0.39 is 51.5 Å². The lowest BCUT2D eigenvalue weighted by atomic mass is 9.87. The minimum atomic E-state index is -1.93. The molecule has 0 aliphatic carbocycles. The van der Waals surface area contributed by atoms with Gasteiger partial charge in [-0.25, -0.2) is 19.2 Å². The molecule has 0 saturated carbocycles. The van der Waals surface area contributed by atoms with E-state index in [0.29, 0.717) is 0 Å². The van der Waals surface area contributed by atoms with Crippen LogP contribution < -0.4 is 0 Å². The van der Waals surface area contributed by atoms with Crippen molar-refractivity contribution in [2.75, 3.05) is 0 Å². The summed E-state index contributed by atoms with van der Waals surface area (Å²) < 4.78 is 0. The number of aromatic carboxylic acids is 4. The largest absolute Gasteiger partial charge is 0.478 e. The normalized spacial score (nSPS) is 10.1. The Labute approximate surface area is 132 Å². The van der Waals surface area contributed by atoms with Crippen molar-refractivity contribution in [3.63, 3.8) is 0 Å². The van der Waals surface area contributed by atoms with Crippen LogP contribution in [-0.2, 0) is 0 Å². The monoisotopic (exact) mass is 329 g/mol. The molecule has 0 spiro atoms. The molecule has 0 heterocycles. The number of hydrogen-bond acceptors (Lipinski definition) is 5. The number of carboxylic acids is 4. The van der Waals surface area contributed by atoms with Crippen LogP contribution in [0.4, 0.5) is 0 Å². The molecule has 2 rings (SSSR count). The smallest absolute Gasteiger partial charge is 0.337 e. The van der Waals surface area contributed by atoms with Crippen LogP contribution in [0.25, 0.3) is 10.8 Å². The van der Waals surface area contributed by atoms with Gasteiger partial charge in [0.15, 0.2) is 0 Å². The molecule has 0 aliphatic heterocycles. The van der Waals surface area contributed by atoms with Crippen LogP contribution in [0.15, 0.2) is 18.2 Å². The molecule has 0 aromatic heterocycles. The highest BCUT2D eigenvalue weighted by Gasteiger charge is 2.34. The third kappa shape index (κ3) is 2.28. The van der Waals surface area contributed by atoms with Gasteiger partial charge in [0, 0.05) is 5.39 Å². The zero-order chi connectivity index (χ0) is 18.2. The maximum atomic E-state index is 11.6. The van der Waals surface area contributed by atoms with Gasteiger partial charge in [-0.15, -0.1) is 0 Å². The van der Waals surface area contributed by atoms with Gasteiger partial charge < -0.3 is 20.4 Å². The van der Waals surface area contributed by atoms with E-state index in [0.717, 1.165) is 6.07 Å². The predicted octanol–water partition coefficient (Wildman–Crippen LogP) is 1.50. The van der Waals surface area contributed by atoms with E-state index in [9.17, 15) is 39.6 Å². The number of benzene rings is 2. The van der Waals surface area contributed by atoms with Gasteiger partial charge in [-0.1, -0.05) is 12.1 Å². The fourth-order valence-corrected chi connectivity index (χ4v) is 2.50. The second-order valence-electron chi connectivity index (χ2n) is 4.56. The zero-order valence-corrected chi connectivity index (χ0v) is 11.6. The molecule has 24 heavy (non-hydrogen) atoms. The van der Waals surface area contributed by atoms with Crippen LogP contribution in [0.3, 0.4) is 0 Å². The van der Waals surface area contributed by atoms with E-state index in [1.807, 2.05) is 0 Å². The summed E-state index contributed by atoms with van der Waals surface area (Å²) >= 11 is 0. The van der Waals surface area contributed by atoms with Gasteiger partial charge in [0.1, 0.15) is 0 Å². The van der Waals surface area contributed by atoms with Crippen molar-refractivity contribution in [2.45, 2.75) is 0 Å². The van der Waals surface area contributed by atoms with E-state index >= 15 is 0 Å². The highest BCUT2D eigenvalue weighted by molar-refractivity contribution is 6.24. The Balaban J connectivity index is 3.37. The molecular weight excluding hydrogens is 322 g/mol. The number of nitriles is 1. The van der Waals surface area contributed by atoms with Crippen LogP contribution in [0.5, 0.6) is 0 Å². The third-order valence-electron chi connectivity index (χ3n) is 3.31. The summed E-state index contributed by atoms with van der Waals surface area (Å²) in [5, 5.41) is 45.5. The quantitative estimate of drug-likeness (QED) is 0.648. The first-order valence-electron chi connectivity index (χ1n) is 6.18. The van der Waals surface area contributed by atoms with Crippen LogP contribution in [0.2, 0.25) is 0 Å². The Morgan fingerprint density at radius 2 is 1.21 bits per heavy atom. The van der Waals surface area contributed by atoms with Crippen molar-refractivity contribution in [2.24, 2.45) is 0 Å². The van der Waals surface area contributed by atoms with Gasteiger partial charge in [0.25, 0.3) is 0 Å². The summed E-state index contributed by atoms with van der Waals surface area (Å²) in [7, 11) is 0. The third-order valence-corrected chi connectivity index (χ3v) is 3.31. The summed E-state index contributed by atoms with van der Waals surface area (Å²) in [6.45, 7) is 0. The topological polar surface area (TPSA) is 173 Å². The van der Waals surface area contributed by atoms with Crippen LogP contribution in [-0.4, -0.2) is 44.3 Å². The van der Waals surface area contributed by atoms with Crippen molar-refractivity contribution < 1.29 is 39.6 Å². The lowest BCUT2D eigenvalue weighted by Gasteiger charge is -2.15. The van der Waals surface area contributed by atoms with Crippen LogP contribution >= 0.6 is 0 Å². The van der Waals surface area contributed by atoms with Gasteiger partial charge in [0.05, 0.1) is 33.9 Å². The number of rotatable bonds is 4. The van der Waals surface area contributed by atoms with E-state index in [4.69, 9.17) is 5.26 Å². The number of carboxylic acid groups (broad SMARTS) is 4. The zero-order valence-electron chi connectivity index (χ0n) is 11.6. The standard InChI is InChI=1S/C15H7NO8/c16-4-5-2-1-3-6-7(5)9(13(19)20)11(15(23)24)10(14(21)22)8(6)12(17)18/h1-3H,(H,17,18)(H,19,20)(H,21,22)(H,23,24). The molecule has 9 heteroatoms. The Kier molecular flexibility index (Phi) is 3.90. The first-order valence-corrected chi connectivity index (χ1v) is 6.18. The average molecular weight is 329 g/mol. The molecule has 2 aromatic rings. The number of carbonyl (C=O) groups is 4. The van der Waals surface area contributed by atoms with E-state index in [1.54, 1.807) is 6.07 Å². The molecule has 0 atom stereocenters. The van der Waals surface area contributed by atoms with E-state index in [1.165, 1.54) is 12.1 Å². The van der Waals surface area contributed by atoms with Gasteiger partial charge in [0.2, 0.25) is 0 Å². The fraction of sp³-hybridized carbons (Fsp3) is 0. The van der Waals surface area contributed by atoms with Crippen molar-refractivity contribution in [3.8, 4) is 6.07 Å². The lowest BCUT2D eigenvalue weighted by molar-refractivity contribution is 0.0621. The van der Waals surface area contributed by atoms with E-state index in [-0.39, 0.29) is 10.9 Å². The lowest BCUT2D eigenvalue weighted by Crippen LogP contribution is -2.20.